The molecule has 124 valence electrons. The summed E-state index contributed by atoms with van der Waals surface area (Å²) in [5, 5.41) is 2.37. The van der Waals surface area contributed by atoms with E-state index < -0.39 is 30.5 Å². The highest BCUT2D eigenvalue weighted by Gasteiger charge is 2.33. The lowest BCUT2D eigenvalue weighted by Gasteiger charge is -2.09. The summed E-state index contributed by atoms with van der Waals surface area (Å²) in [7, 11) is 1.34. The molecule has 3 amide bonds. The molecule has 0 atom stereocenters. The Balaban J connectivity index is 1.92. The van der Waals surface area contributed by atoms with E-state index in [1.165, 1.54) is 25.2 Å². The van der Waals surface area contributed by atoms with Crippen molar-refractivity contribution < 1.29 is 32.3 Å². The summed E-state index contributed by atoms with van der Waals surface area (Å²) < 4.78 is 39.9. The first-order chi connectivity index (χ1) is 10.7. The lowest BCUT2D eigenvalue weighted by Crippen LogP contribution is -2.29. The molecule has 0 unspecified atom stereocenters. The second-order valence-corrected chi connectivity index (χ2v) is 4.85. The lowest BCUT2D eigenvalue weighted by atomic mass is 10.1. The van der Waals surface area contributed by atoms with Crippen LogP contribution in [0.2, 0.25) is 0 Å². The van der Waals surface area contributed by atoms with E-state index in [9.17, 15) is 27.6 Å². The van der Waals surface area contributed by atoms with Crippen LogP contribution in [-0.4, -0.2) is 55.6 Å². The number of halogens is 3. The number of hydrogen-bond donors (Lipinski definition) is 1. The number of imide groups is 1. The predicted molar refractivity (Wildman–Crippen MR) is 72.1 cm³/mol. The van der Waals surface area contributed by atoms with E-state index in [1.54, 1.807) is 0 Å². The Morgan fingerprint density at radius 1 is 1.22 bits per heavy atom. The van der Waals surface area contributed by atoms with Crippen molar-refractivity contribution >= 4 is 17.7 Å². The quantitative estimate of drug-likeness (QED) is 0.651. The predicted octanol–water partition coefficient (Wildman–Crippen LogP) is 1.22. The van der Waals surface area contributed by atoms with Crippen molar-refractivity contribution in [3.8, 4) is 0 Å². The topological polar surface area (TPSA) is 75.7 Å². The monoisotopic (exact) mass is 330 g/mol. The van der Waals surface area contributed by atoms with Crippen molar-refractivity contribution in [2.45, 2.75) is 6.18 Å². The number of rotatable bonds is 5. The summed E-state index contributed by atoms with van der Waals surface area (Å²) >= 11 is 0. The van der Waals surface area contributed by atoms with E-state index in [2.05, 4.69) is 10.1 Å². The summed E-state index contributed by atoms with van der Waals surface area (Å²) in [5.41, 5.74) is 0.469. The van der Waals surface area contributed by atoms with Crippen molar-refractivity contribution in [2.24, 2.45) is 0 Å². The Kier molecular flexibility index (Phi) is 4.69. The molecule has 9 heteroatoms. The highest BCUT2D eigenvalue weighted by atomic mass is 19.4. The molecule has 0 aromatic heterocycles. The van der Waals surface area contributed by atoms with Crippen molar-refractivity contribution in [2.75, 3.05) is 26.8 Å². The van der Waals surface area contributed by atoms with E-state index in [-0.39, 0.29) is 29.8 Å². The largest absolute Gasteiger partial charge is 0.411 e. The molecule has 1 aliphatic rings. The van der Waals surface area contributed by atoms with E-state index in [1.807, 2.05) is 0 Å². The van der Waals surface area contributed by atoms with Gasteiger partial charge in [0.25, 0.3) is 17.7 Å². The second kappa shape index (κ2) is 6.37. The highest BCUT2D eigenvalue weighted by Crippen LogP contribution is 2.22. The van der Waals surface area contributed by atoms with Crippen LogP contribution >= 0.6 is 0 Å². The van der Waals surface area contributed by atoms with Crippen LogP contribution in [0.3, 0.4) is 0 Å². The van der Waals surface area contributed by atoms with Gasteiger partial charge in [-0.05, 0) is 18.2 Å². The fourth-order valence-corrected chi connectivity index (χ4v) is 2.03. The van der Waals surface area contributed by atoms with Crippen molar-refractivity contribution in [3.63, 3.8) is 0 Å². The third kappa shape index (κ3) is 3.86. The molecule has 0 spiro atoms. The van der Waals surface area contributed by atoms with Crippen LogP contribution in [0.25, 0.3) is 0 Å². The molecule has 0 bridgehead atoms. The Bertz CT molecular complexity index is 658. The number of benzene rings is 1. The number of nitrogens with zero attached hydrogens (tertiary/aromatic N) is 1. The van der Waals surface area contributed by atoms with Gasteiger partial charge in [0.05, 0.1) is 17.7 Å². The van der Waals surface area contributed by atoms with Crippen LogP contribution in [0, 0.1) is 0 Å². The minimum absolute atomic E-state index is 0.112. The van der Waals surface area contributed by atoms with Crippen LogP contribution in [0.5, 0.6) is 0 Å². The fraction of sp³-hybridized carbons (Fsp3) is 0.357. The molecular weight excluding hydrogens is 317 g/mol. The molecule has 2 rings (SSSR count). The van der Waals surface area contributed by atoms with Gasteiger partial charge in [-0.2, -0.15) is 13.2 Å². The van der Waals surface area contributed by atoms with Crippen LogP contribution in [-0.2, 0) is 4.74 Å². The molecule has 0 aliphatic carbocycles. The summed E-state index contributed by atoms with van der Waals surface area (Å²) in [6, 6.07) is 4.02. The third-order valence-corrected chi connectivity index (χ3v) is 3.15. The Morgan fingerprint density at radius 2 is 1.87 bits per heavy atom. The van der Waals surface area contributed by atoms with Gasteiger partial charge in [0.2, 0.25) is 0 Å². The smallest absolute Gasteiger partial charge is 0.370 e. The van der Waals surface area contributed by atoms with Crippen LogP contribution in [0.4, 0.5) is 13.2 Å². The lowest BCUT2D eigenvalue weighted by molar-refractivity contribution is -0.173. The number of alkyl halides is 3. The second-order valence-electron chi connectivity index (χ2n) is 4.85. The molecule has 0 radical (unpaired) electrons. The molecule has 0 fully saturated rings. The zero-order chi connectivity index (χ0) is 17.2. The van der Waals surface area contributed by atoms with E-state index in [4.69, 9.17) is 0 Å². The SMILES string of the molecule is CN1C(=O)c2ccc(C(=O)NCCOCC(F)(F)F)cc2C1=O. The Morgan fingerprint density at radius 3 is 2.52 bits per heavy atom. The van der Waals surface area contributed by atoms with Gasteiger partial charge in [0, 0.05) is 19.2 Å². The van der Waals surface area contributed by atoms with Gasteiger partial charge in [0.15, 0.2) is 0 Å². The van der Waals surface area contributed by atoms with Crippen molar-refractivity contribution in [1.82, 2.24) is 10.2 Å². The number of hydrogen-bond acceptors (Lipinski definition) is 4. The minimum Gasteiger partial charge on any atom is -0.370 e. The first kappa shape index (κ1) is 16.9. The summed E-state index contributed by atoms with van der Waals surface area (Å²) in [6.07, 6.45) is -4.41. The number of ether oxygens (including phenoxy) is 1. The van der Waals surface area contributed by atoms with Gasteiger partial charge in [-0.25, -0.2) is 0 Å². The molecule has 1 aliphatic heterocycles. The number of nitrogens with one attached hydrogen (secondary N) is 1. The fourth-order valence-electron chi connectivity index (χ4n) is 2.03. The number of carbonyl (C=O) groups is 3. The maximum Gasteiger partial charge on any atom is 0.411 e. The zero-order valence-corrected chi connectivity index (χ0v) is 12.1. The molecule has 1 N–H and O–H groups in total. The summed E-state index contributed by atoms with van der Waals surface area (Å²) in [5.74, 6) is -1.52. The van der Waals surface area contributed by atoms with Gasteiger partial charge in [-0.15, -0.1) is 0 Å². The maximum atomic E-state index is 11.9. The molecular formula is C14H13F3N2O4. The van der Waals surface area contributed by atoms with Gasteiger partial charge in [0.1, 0.15) is 6.61 Å². The molecule has 1 aromatic carbocycles. The average Bonchev–Trinajstić information content (AvgIpc) is 2.70. The molecule has 6 nitrogen and oxygen atoms in total. The third-order valence-electron chi connectivity index (χ3n) is 3.15. The number of amides is 3. The van der Waals surface area contributed by atoms with Gasteiger partial charge >= 0.3 is 6.18 Å². The molecule has 0 saturated heterocycles. The summed E-state index contributed by atoms with van der Waals surface area (Å²) in [6.45, 7) is -1.79. The molecule has 1 heterocycles. The van der Waals surface area contributed by atoms with E-state index >= 15 is 0 Å². The van der Waals surface area contributed by atoms with Crippen molar-refractivity contribution in [1.29, 1.82) is 0 Å². The molecule has 23 heavy (non-hydrogen) atoms. The van der Waals surface area contributed by atoms with Crippen LogP contribution in [0.15, 0.2) is 18.2 Å². The van der Waals surface area contributed by atoms with Gasteiger partial charge in [-0.1, -0.05) is 0 Å². The molecule has 1 aromatic rings. The molecule has 0 saturated carbocycles. The number of carbonyl (C=O) groups excluding carboxylic acids is 3. The zero-order valence-electron chi connectivity index (χ0n) is 12.1. The van der Waals surface area contributed by atoms with Crippen LogP contribution in [0.1, 0.15) is 31.1 Å². The van der Waals surface area contributed by atoms with Crippen LogP contribution < -0.4 is 5.32 Å². The standard InChI is InChI=1S/C14H13F3N2O4/c1-19-12(21)9-3-2-8(6-10(9)13(19)22)11(20)18-4-5-23-7-14(15,16)17/h2-3,6H,4-5,7H2,1H3,(H,18,20). The van der Waals surface area contributed by atoms with Gasteiger partial charge < -0.3 is 10.1 Å². The first-order valence-electron chi connectivity index (χ1n) is 6.60. The average molecular weight is 330 g/mol. The Labute approximate surface area is 129 Å². The first-order valence-corrected chi connectivity index (χ1v) is 6.60. The maximum absolute atomic E-state index is 11.9. The van der Waals surface area contributed by atoms with Crippen molar-refractivity contribution in [3.05, 3.63) is 34.9 Å². The minimum atomic E-state index is -4.41. The van der Waals surface area contributed by atoms with Gasteiger partial charge in [-0.3, -0.25) is 19.3 Å². The number of fused-ring (bicyclic) bond motifs is 1. The highest BCUT2D eigenvalue weighted by molar-refractivity contribution is 6.21. The Hall–Kier alpha value is -2.42. The summed E-state index contributed by atoms with van der Waals surface area (Å²) in [4.78, 5) is 36.3. The normalized spacial score (nSPS) is 14.2. The van der Waals surface area contributed by atoms with E-state index in [0.29, 0.717) is 0 Å². The van der Waals surface area contributed by atoms with E-state index in [0.717, 1.165) is 4.90 Å².